The van der Waals surface area contributed by atoms with Crippen molar-refractivity contribution in [3.8, 4) is 61.3 Å². The van der Waals surface area contributed by atoms with Gasteiger partial charge in [0.05, 0.1) is 11.0 Å². The molecule has 0 amide bonds. The molecule has 0 radical (unpaired) electrons. The molecule has 0 atom stereocenters. The van der Waals surface area contributed by atoms with Crippen LogP contribution in [-0.4, -0.2) is 4.57 Å². The lowest BCUT2D eigenvalue weighted by molar-refractivity contribution is 0.660. The van der Waals surface area contributed by atoms with E-state index in [1.54, 1.807) is 0 Å². The molecule has 1 heterocycles. The van der Waals surface area contributed by atoms with Crippen LogP contribution in [0, 0.1) is 0 Å². The van der Waals surface area contributed by atoms with Gasteiger partial charge in [-0.2, -0.15) is 0 Å². The van der Waals surface area contributed by atoms with Gasteiger partial charge in [-0.05, 0) is 156 Å². The summed E-state index contributed by atoms with van der Waals surface area (Å²) < 4.78 is 2.40. The molecule has 11 aromatic carbocycles. The first-order chi connectivity index (χ1) is 33.9. The SMILES string of the molecule is CC1(C)c2ccccc2-c2ccc(N(c3ccc(-c4cccc(-c5ccc6c(c5)c5ccccc5n6-c5ccc(-c6ccccc6)cc5)c4)cc3)c3ccc4cc(-c5ccccc5)ccc4c3)cc21. The highest BCUT2D eigenvalue weighted by Crippen LogP contribution is 2.51. The van der Waals surface area contributed by atoms with Gasteiger partial charge in [0, 0.05) is 38.9 Å². The Morgan fingerprint density at radius 3 is 1.59 bits per heavy atom. The lowest BCUT2D eigenvalue weighted by atomic mass is 9.82. The molecule has 2 heteroatoms. The van der Waals surface area contributed by atoms with Crippen LogP contribution in [0.5, 0.6) is 0 Å². The fourth-order valence-electron chi connectivity index (χ4n) is 11.0. The highest BCUT2D eigenvalue weighted by atomic mass is 15.1. The second-order valence-electron chi connectivity index (χ2n) is 19.0. The predicted octanol–water partition coefficient (Wildman–Crippen LogP) is 18.4. The Morgan fingerprint density at radius 2 is 0.797 bits per heavy atom. The summed E-state index contributed by atoms with van der Waals surface area (Å²) in [6.45, 7) is 4.72. The van der Waals surface area contributed by atoms with Crippen LogP contribution in [0.2, 0.25) is 0 Å². The Bertz CT molecular complexity index is 3900. The van der Waals surface area contributed by atoms with Crippen molar-refractivity contribution in [2.45, 2.75) is 19.3 Å². The smallest absolute Gasteiger partial charge is 0.0541 e. The monoisotopic (exact) mass is 880 g/mol. The van der Waals surface area contributed by atoms with Crippen LogP contribution in [-0.2, 0) is 5.41 Å². The molecule has 0 aliphatic heterocycles. The number of rotatable bonds is 8. The van der Waals surface area contributed by atoms with Crippen LogP contribution < -0.4 is 4.90 Å². The minimum absolute atomic E-state index is 0.115. The largest absolute Gasteiger partial charge is 0.310 e. The molecule has 0 saturated carbocycles. The van der Waals surface area contributed by atoms with Crippen molar-refractivity contribution in [1.29, 1.82) is 0 Å². The molecule has 0 N–H and O–H groups in total. The van der Waals surface area contributed by atoms with E-state index in [1.807, 2.05) is 0 Å². The third kappa shape index (κ3) is 6.95. The van der Waals surface area contributed by atoms with Crippen LogP contribution >= 0.6 is 0 Å². The van der Waals surface area contributed by atoms with E-state index in [9.17, 15) is 0 Å². The zero-order valence-electron chi connectivity index (χ0n) is 38.6. The van der Waals surface area contributed by atoms with E-state index in [0.717, 1.165) is 22.7 Å². The number of para-hydroxylation sites is 1. The summed E-state index contributed by atoms with van der Waals surface area (Å²) in [5.41, 5.74) is 21.8. The van der Waals surface area contributed by atoms with E-state index in [-0.39, 0.29) is 5.41 Å². The van der Waals surface area contributed by atoms with E-state index in [4.69, 9.17) is 0 Å². The third-order valence-corrected chi connectivity index (χ3v) is 14.6. The molecular weight excluding hydrogens is 833 g/mol. The number of anilines is 3. The molecule has 1 aliphatic carbocycles. The maximum absolute atomic E-state index is 2.42. The van der Waals surface area contributed by atoms with E-state index >= 15 is 0 Å². The minimum Gasteiger partial charge on any atom is -0.310 e. The van der Waals surface area contributed by atoms with Crippen molar-refractivity contribution >= 4 is 49.6 Å². The van der Waals surface area contributed by atoms with Crippen LogP contribution in [0.1, 0.15) is 25.0 Å². The number of fused-ring (bicyclic) bond motifs is 7. The summed E-state index contributed by atoms with van der Waals surface area (Å²) >= 11 is 0. The van der Waals surface area contributed by atoms with E-state index < -0.39 is 0 Å². The molecule has 13 rings (SSSR count). The van der Waals surface area contributed by atoms with Gasteiger partial charge in [-0.25, -0.2) is 0 Å². The van der Waals surface area contributed by atoms with Crippen molar-refractivity contribution in [2.24, 2.45) is 0 Å². The lowest BCUT2D eigenvalue weighted by Gasteiger charge is -2.28. The van der Waals surface area contributed by atoms with E-state index in [2.05, 4.69) is 278 Å². The number of aromatic nitrogens is 1. The fraction of sp³-hybridized carbons (Fsp3) is 0.0448. The van der Waals surface area contributed by atoms with Crippen LogP contribution in [0.25, 0.3) is 93.9 Å². The fourth-order valence-corrected chi connectivity index (χ4v) is 11.0. The molecule has 0 saturated heterocycles. The van der Waals surface area contributed by atoms with Gasteiger partial charge in [0.15, 0.2) is 0 Å². The van der Waals surface area contributed by atoms with Gasteiger partial charge in [0.2, 0.25) is 0 Å². The maximum Gasteiger partial charge on any atom is 0.0541 e. The minimum atomic E-state index is -0.115. The Kier molecular flexibility index (Phi) is 9.55. The second-order valence-corrected chi connectivity index (χ2v) is 19.0. The first kappa shape index (κ1) is 40.5. The van der Waals surface area contributed by atoms with Crippen molar-refractivity contribution < 1.29 is 0 Å². The molecule has 1 aliphatic rings. The van der Waals surface area contributed by atoms with Gasteiger partial charge in [-0.15, -0.1) is 0 Å². The van der Waals surface area contributed by atoms with Crippen molar-refractivity contribution in [3.63, 3.8) is 0 Å². The Balaban J connectivity index is 0.858. The van der Waals surface area contributed by atoms with Crippen molar-refractivity contribution in [1.82, 2.24) is 4.57 Å². The molecule has 326 valence electrons. The van der Waals surface area contributed by atoms with E-state index in [1.165, 1.54) is 99.3 Å². The molecule has 1 aromatic heterocycles. The second kappa shape index (κ2) is 16.3. The summed E-state index contributed by atoms with van der Waals surface area (Å²) in [4.78, 5) is 2.42. The van der Waals surface area contributed by atoms with Gasteiger partial charge >= 0.3 is 0 Å². The summed E-state index contributed by atoms with van der Waals surface area (Å²) in [5.74, 6) is 0. The van der Waals surface area contributed by atoms with Crippen LogP contribution in [0.15, 0.2) is 255 Å². The molecule has 0 spiro atoms. The van der Waals surface area contributed by atoms with Gasteiger partial charge in [0.25, 0.3) is 0 Å². The zero-order chi connectivity index (χ0) is 46.1. The first-order valence-corrected chi connectivity index (χ1v) is 24.0. The zero-order valence-corrected chi connectivity index (χ0v) is 38.6. The van der Waals surface area contributed by atoms with Gasteiger partial charge in [0.1, 0.15) is 0 Å². The first-order valence-electron chi connectivity index (χ1n) is 24.0. The average Bonchev–Trinajstić information content (AvgIpc) is 3.86. The molecule has 69 heavy (non-hydrogen) atoms. The quantitative estimate of drug-likeness (QED) is 0.148. The summed E-state index contributed by atoms with van der Waals surface area (Å²) in [7, 11) is 0. The Hall–Kier alpha value is -8.72. The predicted molar refractivity (Wildman–Crippen MR) is 292 cm³/mol. The summed E-state index contributed by atoms with van der Waals surface area (Å²) in [5, 5.41) is 4.92. The van der Waals surface area contributed by atoms with Crippen LogP contribution in [0.3, 0.4) is 0 Å². The van der Waals surface area contributed by atoms with Crippen molar-refractivity contribution in [3.05, 3.63) is 266 Å². The number of hydrogen-bond acceptors (Lipinski definition) is 1. The molecule has 0 unspecified atom stereocenters. The van der Waals surface area contributed by atoms with Gasteiger partial charge < -0.3 is 9.47 Å². The third-order valence-electron chi connectivity index (χ3n) is 14.6. The highest BCUT2D eigenvalue weighted by Gasteiger charge is 2.35. The topological polar surface area (TPSA) is 8.17 Å². The molecule has 2 nitrogen and oxygen atoms in total. The van der Waals surface area contributed by atoms with Crippen molar-refractivity contribution in [2.75, 3.05) is 4.90 Å². The van der Waals surface area contributed by atoms with E-state index in [0.29, 0.717) is 0 Å². The lowest BCUT2D eigenvalue weighted by Crippen LogP contribution is -2.16. The number of nitrogens with zero attached hydrogens (tertiary/aromatic N) is 2. The normalized spacial score (nSPS) is 12.6. The Morgan fingerprint density at radius 1 is 0.304 bits per heavy atom. The summed E-state index contributed by atoms with van der Waals surface area (Å²) in [6.07, 6.45) is 0. The molecule has 0 fully saturated rings. The highest BCUT2D eigenvalue weighted by molar-refractivity contribution is 6.10. The van der Waals surface area contributed by atoms with Gasteiger partial charge in [-0.1, -0.05) is 190 Å². The number of benzene rings is 11. The van der Waals surface area contributed by atoms with Gasteiger partial charge in [-0.3, -0.25) is 0 Å². The maximum atomic E-state index is 2.42. The average molecular weight is 881 g/mol. The Labute approximate surface area is 403 Å². The molecule has 0 bridgehead atoms. The summed E-state index contributed by atoms with van der Waals surface area (Å²) in [6, 6.07) is 93.6. The number of hydrogen-bond donors (Lipinski definition) is 0. The van der Waals surface area contributed by atoms with Crippen LogP contribution in [0.4, 0.5) is 17.1 Å². The molecule has 12 aromatic rings. The molecular formula is C67H48N2. The standard InChI is InChI=1S/C67H48N2/c1-67(2)63-22-11-9-20-59(63)60-38-37-58(44-64(60)67)68(57-36-30-52-41-51(24-25-53(52)42-57)46-16-7-4-8-17-46)55-32-28-48(29-33-55)49-18-13-19-50(40-49)54-31-39-66-62(43-54)61-21-10-12-23-65(61)69(66)56-34-26-47(27-35-56)45-14-5-3-6-15-45/h3-44H,1-2H3.